The molecule has 6 nitrogen and oxygen atoms in total. The number of rotatable bonds is 3. The summed E-state index contributed by atoms with van der Waals surface area (Å²) in [6.07, 6.45) is 2.16. The molecule has 1 fully saturated rings. The molecule has 0 bridgehead atoms. The van der Waals surface area contributed by atoms with Crippen LogP contribution in [0.4, 0.5) is 6.01 Å². The fourth-order valence-corrected chi connectivity index (χ4v) is 2.82. The van der Waals surface area contributed by atoms with Crippen LogP contribution in [-0.4, -0.2) is 49.0 Å². The Morgan fingerprint density at radius 2 is 2.14 bits per heavy atom. The van der Waals surface area contributed by atoms with E-state index >= 15 is 0 Å². The fourth-order valence-electron chi connectivity index (χ4n) is 2.82. The lowest BCUT2D eigenvalue weighted by Gasteiger charge is -2.34. The van der Waals surface area contributed by atoms with Gasteiger partial charge in [0.05, 0.1) is 5.56 Å². The molecule has 0 atom stereocenters. The highest BCUT2D eigenvalue weighted by atomic mass is 16.4. The molecule has 1 aromatic carbocycles. The molecule has 1 saturated heterocycles. The molecule has 2 N–H and O–H groups in total. The smallest absolute Gasteiger partial charge is 0.298 e. The Labute approximate surface area is 123 Å². The summed E-state index contributed by atoms with van der Waals surface area (Å²) in [6, 6.07) is 6.19. The van der Waals surface area contributed by atoms with Crippen LogP contribution in [0, 0.1) is 0 Å². The number of anilines is 1. The zero-order valence-electron chi connectivity index (χ0n) is 12.4. The highest BCUT2D eigenvalue weighted by Gasteiger charge is 2.24. The number of primary amides is 1. The van der Waals surface area contributed by atoms with Gasteiger partial charge in [0.1, 0.15) is 5.52 Å². The number of benzene rings is 1. The quantitative estimate of drug-likeness (QED) is 0.925. The predicted octanol–water partition coefficient (Wildman–Crippen LogP) is 1.46. The molecule has 1 aliphatic heterocycles. The number of fused-ring (bicyclic) bond motifs is 1. The third-order valence-corrected chi connectivity index (χ3v) is 4.21. The van der Waals surface area contributed by atoms with Gasteiger partial charge in [0.15, 0.2) is 5.58 Å². The van der Waals surface area contributed by atoms with Gasteiger partial charge in [-0.3, -0.25) is 4.79 Å². The van der Waals surface area contributed by atoms with E-state index in [9.17, 15) is 4.79 Å². The van der Waals surface area contributed by atoms with Crippen LogP contribution in [0.2, 0.25) is 0 Å². The first-order valence-electron chi connectivity index (χ1n) is 7.17. The normalized spacial score (nSPS) is 17.2. The number of nitrogens with zero attached hydrogens (tertiary/aromatic N) is 3. The zero-order chi connectivity index (χ0) is 15.0. The van der Waals surface area contributed by atoms with E-state index in [2.05, 4.69) is 21.8 Å². The van der Waals surface area contributed by atoms with Crippen molar-refractivity contribution in [3.8, 4) is 0 Å². The summed E-state index contributed by atoms with van der Waals surface area (Å²) in [6.45, 7) is 2.14. The van der Waals surface area contributed by atoms with E-state index in [-0.39, 0.29) is 0 Å². The van der Waals surface area contributed by atoms with Gasteiger partial charge in [0.25, 0.3) is 11.9 Å². The Morgan fingerprint density at radius 3 is 2.81 bits per heavy atom. The minimum Gasteiger partial charge on any atom is -0.423 e. The number of likely N-dealkylation sites (tertiary alicyclic amines) is 1. The molecule has 112 valence electrons. The Hall–Kier alpha value is -2.08. The summed E-state index contributed by atoms with van der Waals surface area (Å²) in [4.78, 5) is 20.3. The molecule has 0 radical (unpaired) electrons. The van der Waals surface area contributed by atoms with E-state index in [1.54, 1.807) is 18.2 Å². The predicted molar refractivity (Wildman–Crippen MR) is 81.4 cm³/mol. The van der Waals surface area contributed by atoms with Crippen molar-refractivity contribution in [2.45, 2.75) is 18.9 Å². The monoisotopic (exact) mass is 288 g/mol. The SMILES string of the molecule is CN1CCC(N(C)c2nc3c(C(N)=O)cccc3o2)CC1. The van der Waals surface area contributed by atoms with Gasteiger partial charge in [-0.05, 0) is 45.1 Å². The third kappa shape index (κ3) is 2.58. The molecule has 21 heavy (non-hydrogen) atoms. The summed E-state index contributed by atoms with van der Waals surface area (Å²) >= 11 is 0. The lowest BCUT2D eigenvalue weighted by Crippen LogP contribution is -2.42. The average Bonchev–Trinajstić information content (AvgIpc) is 2.90. The van der Waals surface area contributed by atoms with Crippen LogP contribution in [0.25, 0.3) is 11.1 Å². The third-order valence-electron chi connectivity index (χ3n) is 4.21. The van der Waals surface area contributed by atoms with Crippen LogP contribution in [0.3, 0.4) is 0 Å². The number of oxazole rings is 1. The van der Waals surface area contributed by atoms with Gasteiger partial charge in [0, 0.05) is 13.1 Å². The van der Waals surface area contributed by atoms with Crippen molar-refractivity contribution < 1.29 is 9.21 Å². The van der Waals surface area contributed by atoms with Crippen LogP contribution in [0.5, 0.6) is 0 Å². The summed E-state index contributed by atoms with van der Waals surface area (Å²) in [5.41, 5.74) is 6.93. The number of piperidine rings is 1. The van der Waals surface area contributed by atoms with Crippen molar-refractivity contribution in [1.29, 1.82) is 0 Å². The van der Waals surface area contributed by atoms with Crippen molar-refractivity contribution in [2.24, 2.45) is 5.73 Å². The number of hydrogen-bond acceptors (Lipinski definition) is 5. The first-order chi connectivity index (χ1) is 10.1. The Morgan fingerprint density at radius 1 is 1.43 bits per heavy atom. The Balaban J connectivity index is 1.90. The van der Waals surface area contributed by atoms with Crippen LogP contribution in [-0.2, 0) is 0 Å². The zero-order valence-corrected chi connectivity index (χ0v) is 12.4. The van der Waals surface area contributed by atoms with E-state index in [4.69, 9.17) is 10.2 Å². The number of aromatic nitrogens is 1. The van der Waals surface area contributed by atoms with Gasteiger partial charge in [-0.2, -0.15) is 4.98 Å². The maximum atomic E-state index is 11.5. The van der Waals surface area contributed by atoms with Crippen LogP contribution in [0.15, 0.2) is 22.6 Å². The second-order valence-corrected chi connectivity index (χ2v) is 5.66. The summed E-state index contributed by atoms with van der Waals surface area (Å²) in [5, 5.41) is 0. The molecule has 1 aliphatic rings. The van der Waals surface area contributed by atoms with Gasteiger partial charge in [0.2, 0.25) is 0 Å². The minimum atomic E-state index is -0.484. The second kappa shape index (κ2) is 5.37. The number of carbonyl (C=O) groups excluding carboxylic acids is 1. The second-order valence-electron chi connectivity index (χ2n) is 5.66. The maximum absolute atomic E-state index is 11.5. The lowest BCUT2D eigenvalue weighted by molar-refractivity contribution is 0.100. The van der Waals surface area contributed by atoms with E-state index in [1.807, 2.05) is 7.05 Å². The summed E-state index contributed by atoms with van der Waals surface area (Å²) in [7, 11) is 4.12. The molecule has 0 unspecified atom stereocenters. The number of carbonyl (C=O) groups is 1. The van der Waals surface area contributed by atoms with Crippen molar-refractivity contribution in [1.82, 2.24) is 9.88 Å². The van der Waals surface area contributed by atoms with Crippen LogP contribution in [0.1, 0.15) is 23.2 Å². The number of para-hydroxylation sites is 1. The van der Waals surface area contributed by atoms with Crippen LogP contribution >= 0.6 is 0 Å². The first-order valence-corrected chi connectivity index (χ1v) is 7.17. The summed E-state index contributed by atoms with van der Waals surface area (Å²) < 4.78 is 5.79. The number of amides is 1. The standard InChI is InChI=1S/C15H20N4O2/c1-18-8-6-10(7-9-18)19(2)15-17-13-11(14(16)20)4-3-5-12(13)21-15/h3-5,10H,6-9H2,1-2H3,(H2,16,20). The highest BCUT2D eigenvalue weighted by Crippen LogP contribution is 2.27. The molecule has 0 aliphatic carbocycles. The van der Waals surface area contributed by atoms with Crippen molar-refractivity contribution in [3.63, 3.8) is 0 Å². The lowest BCUT2D eigenvalue weighted by atomic mass is 10.0. The van der Waals surface area contributed by atoms with Crippen molar-refractivity contribution in [3.05, 3.63) is 23.8 Å². The maximum Gasteiger partial charge on any atom is 0.298 e. The molecule has 6 heteroatoms. The number of hydrogen-bond donors (Lipinski definition) is 1. The molecule has 0 spiro atoms. The van der Waals surface area contributed by atoms with Gasteiger partial charge in [-0.25, -0.2) is 0 Å². The molecule has 1 amide bonds. The van der Waals surface area contributed by atoms with Crippen molar-refractivity contribution >= 4 is 23.0 Å². The molecule has 2 heterocycles. The molecule has 1 aromatic heterocycles. The van der Waals surface area contributed by atoms with E-state index in [0.717, 1.165) is 25.9 Å². The first kappa shape index (κ1) is 13.9. The average molecular weight is 288 g/mol. The Kier molecular flexibility index (Phi) is 3.55. The molecule has 3 rings (SSSR count). The minimum absolute atomic E-state index is 0.402. The van der Waals surface area contributed by atoms with Gasteiger partial charge < -0.3 is 20.0 Å². The fraction of sp³-hybridized carbons (Fsp3) is 0.467. The van der Waals surface area contributed by atoms with E-state index in [1.165, 1.54) is 0 Å². The van der Waals surface area contributed by atoms with Crippen molar-refractivity contribution in [2.75, 3.05) is 32.1 Å². The molecule has 0 saturated carbocycles. The van der Waals surface area contributed by atoms with Crippen LogP contribution < -0.4 is 10.6 Å². The highest BCUT2D eigenvalue weighted by molar-refractivity contribution is 6.03. The largest absolute Gasteiger partial charge is 0.423 e. The van der Waals surface area contributed by atoms with E-state index in [0.29, 0.717) is 28.7 Å². The van der Waals surface area contributed by atoms with Gasteiger partial charge in [-0.1, -0.05) is 6.07 Å². The Bertz CT molecular complexity index is 659. The summed E-state index contributed by atoms with van der Waals surface area (Å²) in [5.74, 6) is -0.484. The topological polar surface area (TPSA) is 75.6 Å². The number of nitrogens with two attached hydrogens (primary N) is 1. The van der Waals surface area contributed by atoms with Gasteiger partial charge in [-0.15, -0.1) is 0 Å². The molecular weight excluding hydrogens is 268 g/mol. The van der Waals surface area contributed by atoms with E-state index < -0.39 is 5.91 Å². The van der Waals surface area contributed by atoms with Gasteiger partial charge >= 0.3 is 0 Å². The molecular formula is C15H20N4O2. The molecule has 2 aromatic rings.